The molecule has 1 aromatic carbocycles. The molecule has 0 amide bonds. The number of nitrogens with zero attached hydrogens (tertiary/aromatic N) is 1. The van der Waals surface area contributed by atoms with Crippen LogP contribution in [0.25, 0.3) is 0 Å². The van der Waals surface area contributed by atoms with Crippen LogP contribution in [0.5, 0.6) is 0 Å². The van der Waals surface area contributed by atoms with Crippen LogP contribution in [0.3, 0.4) is 0 Å². The molecule has 0 unspecified atom stereocenters. The van der Waals surface area contributed by atoms with Crippen LogP contribution in [0.15, 0.2) is 66.3 Å². The molecule has 2 nitrogen and oxygen atoms in total. The average Bonchev–Trinajstić information content (AvgIpc) is 2.93. The largest absolute Gasteiger partial charge is 0.309 e. The maximum Gasteiger partial charge on any atom is 0.186 e. The quantitative estimate of drug-likeness (QED) is 0.483. The lowest BCUT2D eigenvalue weighted by atomic mass is 10.1. The summed E-state index contributed by atoms with van der Waals surface area (Å²) in [7, 11) is 0. The van der Waals surface area contributed by atoms with Crippen molar-refractivity contribution in [3.8, 4) is 0 Å². The molecule has 18 heavy (non-hydrogen) atoms. The van der Waals surface area contributed by atoms with Gasteiger partial charge in [0.1, 0.15) is 4.32 Å². The van der Waals surface area contributed by atoms with Crippen molar-refractivity contribution >= 4 is 34.1 Å². The predicted molar refractivity (Wildman–Crippen MR) is 79.9 cm³/mol. The normalized spacial score (nSPS) is 10.7. The van der Waals surface area contributed by atoms with Gasteiger partial charge in [0.2, 0.25) is 0 Å². The highest BCUT2D eigenvalue weighted by Crippen LogP contribution is 2.10. The minimum absolute atomic E-state index is 0.0154. The Balaban J connectivity index is 1.93. The van der Waals surface area contributed by atoms with Crippen LogP contribution in [0.2, 0.25) is 0 Å². The fraction of sp³-hybridized carbons (Fsp3) is 0. The first kappa shape index (κ1) is 12.8. The second-order valence-corrected chi connectivity index (χ2v) is 5.05. The van der Waals surface area contributed by atoms with E-state index in [0.717, 1.165) is 0 Å². The van der Waals surface area contributed by atoms with E-state index in [0.29, 0.717) is 9.88 Å². The van der Waals surface area contributed by atoms with Gasteiger partial charge >= 0.3 is 0 Å². The lowest BCUT2D eigenvalue weighted by Gasteiger charge is -1.99. The number of allylic oxidation sites excluding steroid dienone is 1. The number of hydrogen-bond donors (Lipinski definition) is 0. The van der Waals surface area contributed by atoms with Gasteiger partial charge in [0.25, 0.3) is 0 Å². The summed E-state index contributed by atoms with van der Waals surface area (Å²) in [4.78, 5) is 11.8. The van der Waals surface area contributed by atoms with Crippen molar-refractivity contribution in [2.45, 2.75) is 0 Å². The molecule has 0 saturated heterocycles. The van der Waals surface area contributed by atoms with Gasteiger partial charge in [-0.1, -0.05) is 54.3 Å². The lowest BCUT2D eigenvalue weighted by molar-refractivity contribution is 0.104. The van der Waals surface area contributed by atoms with E-state index >= 15 is 0 Å². The van der Waals surface area contributed by atoms with E-state index in [2.05, 4.69) is 0 Å². The summed E-state index contributed by atoms with van der Waals surface area (Å²) in [6, 6.07) is 13.0. The zero-order chi connectivity index (χ0) is 12.8. The number of rotatable bonds is 3. The van der Waals surface area contributed by atoms with Gasteiger partial charge < -0.3 is 4.57 Å². The highest BCUT2D eigenvalue weighted by atomic mass is 32.2. The van der Waals surface area contributed by atoms with Crippen molar-refractivity contribution in [1.29, 1.82) is 0 Å². The standard InChI is InChI=1S/C14H11NOS2/c16-13(12-6-2-1-3-7-12)8-11-18-14(17)15-9-4-5-10-15/h1-11H/b11-8-. The van der Waals surface area contributed by atoms with Crippen molar-refractivity contribution in [1.82, 2.24) is 4.57 Å². The molecule has 90 valence electrons. The third-order valence-corrected chi connectivity index (χ3v) is 3.45. The monoisotopic (exact) mass is 273 g/mol. The summed E-state index contributed by atoms with van der Waals surface area (Å²) in [6.45, 7) is 0. The number of ketones is 1. The number of benzene rings is 1. The second-order valence-electron chi connectivity index (χ2n) is 3.51. The molecule has 2 aromatic rings. The molecule has 1 aromatic heterocycles. The Morgan fingerprint density at radius 3 is 2.44 bits per heavy atom. The molecule has 0 saturated carbocycles. The van der Waals surface area contributed by atoms with Crippen LogP contribution in [0.1, 0.15) is 10.4 Å². The minimum atomic E-state index is -0.0154. The van der Waals surface area contributed by atoms with Crippen LogP contribution in [0, 0.1) is 0 Å². The van der Waals surface area contributed by atoms with Gasteiger partial charge in [0.15, 0.2) is 5.78 Å². The molecule has 0 N–H and O–H groups in total. The fourth-order valence-electron chi connectivity index (χ4n) is 1.37. The Morgan fingerprint density at radius 1 is 1.11 bits per heavy atom. The van der Waals surface area contributed by atoms with Crippen LogP contribution < -0.4 is 0 Å². The number of hydrogen-bond acceptors (Lipinski definition) is 3. The van der Waals surface area contributed by atoms with E-state index < -0.39 is 0 Å². The Hall–Kier alpha value is -1.65. The Labute approximate surface area is 115 Å². The fourth-order valence-corrected chi connectivity index (χ4v) is 2.21. The van der Waals surface area contributed by atoms with E-state index in [1.165, 1.54) is 17.8 Å². The summed E-state index contributed by atoms with van der Waals surface area (Å²) in [5.74, 6) is -0.0154. The molecular weight excluding hydrogens is 262 g/mol. The Morgan fingerprint density at radius 2 is 1.78 bits per heavy atom. The summed E-state index contributed by atoms with van der Waals surface area (Å²) in [5, 5.41) is 1.72. The molecule has 0 fully saturated rings. The predicted octanol–water partition coefficient (Wildman–Crippen LogP) is 3.75. The first-order valence-corrected chi connectivity index (χ1v) is 6.66. The molecule has 0 aliphatic heterocycles. The maximum atomic E-state index is 11.8. The molecule has 1 heterocycles. The first-order chi connectivity index (χ1) is 8.77. The van der Waals surface area contributed by atoms with Crippen molar-refractivity contribution in [2.24, 2.45) is 0 Å². The second kappa shape index (κ2) is 6.33. The van der Waals surface area contributed by atoms with E-state index in [-0.39, 0.29) is 5.78 Å². The van der Waals surface area contributed by atoms with Gasteiger partial charge in [-0.15, -0.1) is 0 Å². The molecule has 0 spiro atoms. The SMILES string of the molecule is O=C(/C=C\SC(=S)n1cccc1)c1ccccc1. The molecular formula is C14H11NOS2. The average molecular weight is 273 g/mol. The number of carbonyl (C=O) groups is 1. The topological polar surface area (TPSA) is 22.0 Å². The van der Waals surface area contributed by atoms with E-state index in [1.54, 1.807) is 17.5 Å². The molecule has 0 bridgehead atoms. The van der Waals surface area contributed by atoms with E-state index in [4.69, 9.17) is 12.2 Å². The van der Waals surface area contributed by atoms with E-state index in [9.17, 15) is 4.79 Å². The third kappa shape index (κ3) is 3.42. The van der Waals surface area contributed by atoms with E-state index in [1.807, 2.05) is 47.3 Å². The highest BCUT2D eigenvalue weighted by Gasteiger charge is 2.00. The Kier molecular flexibility index (Phi) is 4.50. The molecule has 0 atom stereocenters. The summed E-state index contributed by atoms with van der Waals surface area (Å²) in [6.07, 6.45) is 5.29. The van der Waals surface area contributed by atoms with Gasteiger partial charge in [0, 0.05) is 18.0 Å². The zero-order valence-corrected chi connectivity index (χ0v) is 11.2. The van der Waals surface area contributed by atoms with Crippen molar-refractivity contribution < 1.29 is 4.79 Å². The van der Waals surface area contributed by atoms with Crippen molar-refractivity contribution in [3.05, 3.63) is 71.9 Å². The van der Waals surface area contributed by atoms with Gasteiger partial charge in [0.05, 0.1) is 0 Å². The summed E-state index contributed by atoms with van der Waals surface area (Å²) >= 11 is 6.56. The molecule has 2 rings (SSSR count). The number of thiocarbonyl (C=S) groups is 1. The van der Waals surface area contributed by atoms with Gasteiger partial charge in [-0.3, -0.25) is 4.79 Å². The summed E-state index contributed by atoms with van der Waals surface area (Å²) in [5.41, 5.74) is 0.682. The Bertz CT molecular complexity index is 559. The molecule has 0 aliphatic rings. The lowest BCUT2D eigenvalue weighted by Crippen LogP contribution is -1.99. The van der Waals surface area contributed by atoms with Gasteiger partial charge in [-0.2, -0.15) is 0 Å². The van der Waals surface area contributed by atoms with Crippen LogP contribution >= 0.6 is 24.0 Å². The number of carbonyl (C=O) groups excluding carboxylic acids is 1. The first-order valence-electron chi connectivity index (χ1n) is 5.37. The zero-order valence-electron chi connectivity index (χ0n) is 9.52. The summed E-state index contributed by atoms with van der Waals surface area (Å²) < 4.78 is 2.52. The molecule has 4 heteroatoms. The smallest absolute Gasteiger partial charge is 0.186 e. The highest BCUT2D eigenvalue weighted by molar-refractivity contribution is 8.24. The van der Waals surface area contributed by atoms with Gasteiger partial charge in [-0.25, -0.2) is 0 Å². The van der Waals surface area contributed by atoms with Crippen molar-refractivity contribution in [2.75, 3.05) is 0 Å². The number of thioether (sulfide) groups is 1. The molecule has 0 radical (unpaired) electrons. The third-order valence-electron chi connectivity index (χ3n) is 2.26. The van der Waals surface area contributed by atoms with Crippen molar-refractivity contribution in [3.63, 3.8) is 0 Å². The molecule has 0 aliphatic carbocycles. The maximum absolute atomic E-state index is 11.8. The van der Waals surface area contributed by atoms with Crippen LogP contribution in [-0.2, 0) is 0 Å². The minimum Gasteiger partial charge on any atom is -0.309 e. The van der Waals surface area contributed by atoms with Gasteiger partial charge in [-0.05, 0) is 23.6 Å². The van der Waals surface area contributed by atoms with Crippen LogP contribution in [-0.4, -0.2) is 14.7 Å². The number of aromatic nitrogens is 1. The van der Waals surface area contributed by atoms with Crippen LogP contribution in [0.4, 0.5) is 0 Å².